The third kappa shape index (κ3) is 2.70. The first-order valence-electron chi connectivity index (χ1n) is 7.73. The van der Waals surface area contributed by atoms with Gasteiger partial charge in [0.2, 0.25) is 0 Å². The van der Waals surface area contributed by atoms with Gasteiger partial charge in [0.1, 0.15) is 0 Å². The van der Waals surface area contributed by atoms with Crippen LogP contribution in [0.4, 0.5) is 0 Å². The van der Waals surface area contributed by atoms with Gasteiger partial charge in [-0.3, -0.25) is 0 Å². The molecule has 0 saturated carbocycles. The molecule has 2 nitrogen and oxygen atoms in total. The van der Waals surface area contributed by atoms with E-state index in [4.69, 9.17) is 4.74 Å². The summed E-state index contributed by atoms with van der Waals surface area (Å²) in [5.41, 5.74) is 2.79. The van der Waals surface area contributed by atoms with Gasteiger partial charge in [0.05, 0.1) is 12.2 Å². The van der Waals surface area contributed by atoms with Crippen molar-refractivity contribution in [3.8, 4) is 0 Å². The van der Waals surface area contributed by atoms with E-state index in [2.05, 4.69) is 43.4 Å². The van der Waals surface area contributed by atoms with Crippen LogP contribution in [-0.2, 0) is 4.74 Å². The normalized spacial score (nSPS) is 30.7. The summed E-state index contributed by atoms with van der Waals surface area (Å²) in [6.07, 6.45) is 5.97. The Balaban J connectivity index is 1.81. The molecule has 0 aliphatic carbocycles. The van der Waals surface area contributed by atoms with Crippen molar-refractivity contribution in [2.24, 2.45) is 5.92 Å². The fraction of sp³-hybridized carbons (Fsp3) is 0.647. The van der Waals surface area contributed by atoms with Crippen LogP contribution in [0.3, 0.4) is 0 Å². The van der Waals surface area contributed by atoms with Crippen LogP contribution in [0.5, 0.6) is 0 Å². The van der Waals surface area contributed by atoms with Crippen molar-refractivity contribution in [3.63, 3.8) is 0 Å². The van der Waals surface area contributed by atoms with Gasteiger partial charge in [0.15, 0.2) is 0 Å². The minimum atomic E-state index is 0.468. The first-order chi connectivity index (χ1) is 9.28. The van der Waals surface area contributed by atoms with Gasteiger partial charge in [-0.25, -0.2) is 0 Å². The Morgan fingerprint density at radius 3 is 2.89 bits per heavy atom. The molecule has 3 rings (SSSR count). The second-order valence-electron chi connectivity index (χ2n) is 6.12. The van der Waals surface area contributed by atoms with Crippen LogP contribution in [0.1, 0.15) is 49.8 Å². The SMILES string of the molecule is CCCNC(c1cccc(C)c1)C1CC2CCC1O2. The molecule has 2 fully saturated rings. The number of aryl methyl sites for hydroxylation is 1. The number of fused-ring (bicyclic) bond motifs is 2. The van der Waals surface area contributed by atoms with E-state index in [1.165, 1.54) is 36.8 Å². The number of benzene rings is 1. The molecule has 19 heavy (non-hydrogen) atoms. The van der Waals surface area contributed by atoms with Crippen LogP contribution in [0.25, 0.3) is 0 Å². The van der Waals surface area contributed by atoms with Gasteiger partial charge >= 0.3 is 0 Å². The predicted octanol–water partition coefficient (Wildman–Crippen LogP) is 3.60. The van der Waals surface area contributed by atoms with Crippen LogP contribution in [0.2, 0.25) is 0 Å². The maximum Gasteiger partial charge on any atom is 0.0627 e. The van der Waals surface area contributed by atoms with Gasteiger partial charge < -0.3 is 10.1 Å². The highest BCUT2D eigenvalue weighted by molar-refractivity contribution is 5.26. The second-order valence-corrected chi connectivity index (χ2v) is 6.12. The molecule has 1 N–H and O–H groups in total. The number of hydrogen-bond acceptors (Lipinski definition) is 2. The quantitative estimate of drug-likeness (QED) is 0.872. The first kappa shape index (κ1) is 13.1. The molecule has 1 aromatic rings. The molecule has 4 unspecified atom stereocenters. The molecule has 0 aromatic heterocycles. The number of rotatable bonds is 5. The zero-order chi connectivity index (χ0) is 13.2. The van der Waals surface area contributed by atoms with Crippen molar-refractivity contribution in [2.45, 2.75) is 57.8 Å². The summed E-state index contributed by atoms with van der Waals surface area (Å²) in [7, 11) is 0. The van der Waals surface area contributed by atoms with Crippen molar-refractivity contribution in [2.75, 3.05) is 6.54 Å². The summed E-state index contributed by atoms with van der Waals surface area (Å²) >= 11 is 0. The van der Waals surface area contributed by atoms with E-state index in [0.717, 1.165) is 6.54 Å². The molecule has 104 valence electrons. The van der Waals surface area contributed by atoms with Crippen molar-refractivity contribution in [1.29, 1.82) is 0 Å². The van der Waals surface area contributed by atoms with Crippen LogP contribution >= 0.6 is 0 Å². The van der Waals surface area contributed by atoms with E-state index >= 15 is 0 Å². The largest absolute Gasteiger partial charge is 0.375 e. The molecule has 2 heterocycles. The Kier molecular flexibility index (Phi) is 3.90. The minimum Gasteiger partial charge on any atom is -0.375 e. The van der Waals surface area contributed by atoms with Crippen molar-refractivity contribution in [3.05, 3.63) is 35.4 Å². The molecule has 1 aromatic carbocycles. The van der Waals surface area contributed by atoms with Gasteiger partial charge in [-0.15, -0.1) is 0 Å². The molecule has 2 saturated heterocycles. The van der Waals surface area contributed by atoms with Crippen molar-refractivity contribution >= 4 is 0 Å². The summed E-state index contributed by atoms with van der Waals surface area (Å²) in [5.74, 6) is 0.659. The van der Waals surface area contributed by atoms with E-state index in [9.17, 15) is 0 Å². The Morgan fingerprint density at radius 1 is 1.37 bits per heavy atom. The van der Waals surface area contributed by atoms with Crippen LogP contribution in [0, 0.1) is 12.8 Å². The van der Waals surface area contributed by atoms with Crippen molar-refractivity contribution in [1.82, 2.24) is 5.32 Å². The summed E-state index contributed by atoms with van der Waals surface area (Å²) in [5, 5.41) is 3.76. The fourth-order valence-corrected chi connectivity index (χ4v) is 3.71. The third-order valence-electron chi connectivity index (χ3n) is 4.60. The zero-order valence-electron chi connectivity index (χ0n) is 12.1. The Hall–Kier alpha value is -0.860. The fourth-order valence-electron chi connectivity index (χ4n) is 3.71. The molecular formula is C17H25NO. The van der Waals surface area contributed by atoms with Gasteiger partial charge in [-0.1, -0.05) is 36.8 Å². The van der Waals surface area contributed by atoms with E-state index < -0.39 is 0 Å². The summed E-state index contributed by atoms with van der Waals surface area (Å²) in [4.78, 5) is 0. The lowest BCUT2D eigenvalue weighted by molar-refractivity contribution is 0.0857. The third-order valence-corrected chi connectivity index (χ3v) is 4.60. The number of ether oxygens (including phenoxy) is 1. The van der Waals surface area contributed by atoms with Crippen molar-refractivity contribution < 1.29 is 4.74 Å². The lowest BCUT2D eigenvalue weighted by Gasteiger charge is -2.30. The predicted molar refractivity (Wildman–Crippen MR) is 78.2 cm³/mol. The van der Waals surface area contributed by atoms with Gasteiger partial charge in [0.25, 0.3) is 0 Å². The standard InChI is InChI=1S/C17H25NO/c1-3-9-18-17(13-6-4-5-12(2)10-13)15-11-14-7-8-16(15)19-14/h4-6,10,14-18H,3,7-9,11H2,1-2H3. The molecule has 0 radical (unpaired) electrons. The van der Waals surface area contributed by atoms with Gasteiger partial charge in [0, 0.05) is 12.0 Å². The van der Waals surface area contributed by atoms with Gasteiger partial charge in [-0.05, 0) is 44.7 Å². The van der Waals surface area contributed by atoms with Crippen LogP contribution < -0.4 is 5.32 Å². The molecule has 4 atom stereocenters. The number of hydrogen-bond donors (Lipinski definition) is 1. The van der Waals surface area contributed by atoms with Crippen LogP contribution in [0.15, 0.2) is 24.3 Å². The molecule has 2 aliphatic rings. The lowest BCUT2D eigenvalue weighted by Crippen LogP contribution is -2.34. The van der Waals surface area contributed by atoms with Crippen LogP contribution in [-0.4, -0.2) is 18.8 Å². The summed E-state index contributed by atoms with van der Waals surface area (Å²) < 4.78 is 6.06. The Morgan fingerprint density at radius 2 is 2.26 bits per heavy atom. The highest BCUT2D eigenvalue weighted by Crippen LogP contribution is 2.44. The Bertz CT molecular complexity index is 431. The second kappa shape index (κ2) is 5.64. The molecule has 2 heteroatoms. The molecular weight excluding hydrogens is 234 g/mol. The molecule has 2 bridgehead atoms. The highest BCUT2D eigenvalue weighted by Gasteiger charge is 2.44. The molecule has 2 aliphatic heterocycles. The monoisotopic (exact) mass is 259 g/mol. The maximum absolute atomic E-state index is 6.06. The Labute approximate surface area is 116 Å². The van der Waals surface area contributed by atoms with E-state index in [1.54, 1.807) is 0 Å². The lowest BCUT2D eigenvalue weighted by atomic mass is 9.80. The highest BCUT2D eigenvalue weighted by atomic mass is 16.5. The summed E-state index contributed by atoms with van der Waals surface area (Å²) in [6.45, 7) is 5.50. The van der Waals surface area contributed by atoms with E-state index in [0.29, 0.717) is 24.2 Å². The van der Waals surface area contributed by atoms with E-state index in [1.807, 2.05) is 0 Å². The molecule has 0 amide bonds. The van der Waals surface area contributed by atoms with Gasteiger partial charge in [-0.2, -0.15) is 0 Å². The molecule has 0 spiro atoms. The minimum absolute atomic E-state index is 0.468. The summed E-state index contributed by atoms with van der Waals surface area (Å²) in [6, 6.07) is 9.43. The zero-order valence-corrected chi connectivity index (χ0v) is 12.1. The maximum atomic E-state index is 6.06. The van der Waals surface area contributed by atoms with E-state index in [-0.39, 0.29) is 0 Å². The first-order valence-corrected chi connectivity index (χ1v) is 7.73. The topological polar surface area (TPSA) is 21.3 Å². The average Bonchev–Trinajstić information content (AvgIpc) is 3.02. The average molecular weight is 259 g/mol. The smallest absolute Gasteiger partial charge is 0.0627 e. The number of nitrogens with one attached hydrogen (secondary N) is 1.